The quantitative estimate of drug-likeness (QED) is 0.245. The fraction of sp³-hybridized carbons (Fsp3) is 0.355. The number of Topliss-reactive ketones (excluding diaryl/α,β-unsaturated/α-hetero) is 1. The molecule has 2 aromatic carbocycles. The largest absolute Gasteiger partial charge is 0.507 e. The van der Waals surface area contributed by atoms with Crippen LogP contribution in [-0.2, 0) is 20.9 Å². The minimum Gasteiger partial charge on any atom is -0.507 e. The highest BCUT2D eigenvalue weighted by Crippen LogP contribution is 2.40. The van der Waals surface area contributed by atoms with Crippen LogP contribution in [0.5, 0.6) is 5.75 Å². The van der Waals surface area contributed by atoms with Crippen molar-refractivity contribution < 1.29 is 28.6 Å². The lowest BCUT2D eigenvalue weighted by molar-refractivity contribution is -0.140. The Labute approximate surface area is 228 Å². The van der Waals surface area contributed by atoms with Gasteiger partial charge in [0.1, 0.15) is 35.7 Å². The van der Waals surface area contributed by atoms with Crippen LogP contribution < -0.4 is 4.74 Å². The van der Waals surface area contributed by atoms with Crippen LogP contribution in [-0.4, -0.2) is 66.0 Å². The Hall–Kier alpha value is -3.88. The number of likely N-dealkylation sites (tertiary alicyclic amines) is 1. The van der Waals surface area contributed by atoms with Crippen LogP contribution in [0.25, 0.3) is 5.76 Å². The predicted octanol–water partition coefficient (Wildman–Crippen LogP) is 4.62. The van der Waals surface area contributed by atoms with Crippen LogP contribution in [0.3, 0.4) is 0 Å². The number of carbonyl (C=O) groups excluding carboxylic acids is 2. The Morgan fingerprint density at radius 1 is 1.00 bits per heavy atom. The molecule has 5 rings (SSSR count). The summed E-state index contributed by atoms with van der Waals surface area (Å²) in [6, 6.07) is 17.7. The molecule has 3 heterocycles. The molecule has 1 N–H and O–H groups in total. The summed E-state index contributed by atoms with van der Waals surface area (Å²) in [6.45, 7) is 8.53. The van der Waals surface area contributed by atoms with E-state index in [9.17, 15) is 14.7 Å². The Kier molecular flexibility index (Phi) is 8.14. The van der Waals surface area contributed by atoms with E-state index in [4.69, 9.17) is 13.9 Å². The smallest absolute Gasteiger partial charge is 0.295 e. The summed E-state index contributed by atoms with van der Waals surface area (Å²) in [5.41, 5.74) is 2.69. The number of hydrogen-bond acceptors (Lipinski definition) is 7. The van der Waals surface area contributed by atoms with Crippen molar-refractivity contribution in [2.24, 2.45) is 0 Å². The molecule has 0 spiro atoms. The molecule has 8 nitrogen and oxygen atoms in total. The van der Waals surface area contributed by atoms with Gasteiger partial charge in [-0.3, -0.25) is 14.5 Å². The first kappa shape index (κ1) is 26.7. The molecule has 0 radical (unpaired) electrons. The summed E-state index contributed by atoms with van der Waals surface area (Å²) < 4.78 is 17.2. The standard InChI is InChI=1S/C31H34N2O6/c1-21-5-3-6-23(19-21)20-38-25-10-8-24(9-11-25)29(34)27-28(26-12-7-22(2)39-26)33(31(36)30(27)35)14-4-13-32-15-17-37-18-16-32/h3,5-12,19,28,34H,4,13-18,20H2,1-2H3/b29-27-. The molecule has 0 bridgehead atoms. The van der Waals surface area contributed by atoms with E-state index in [0.717, 1.165) is 30.8 Å². The number of furan rings is 1. The summed E-state index contributed by atoms with van der Waals surface area (Å²) in [6.07, 6.45) is 0.691. The van der Waals surface area contributed by atoms with Gasteiger partial charge in [-0.2, -0.15) is 0 Å². The van der Waals surface area contributed by atoms with E-state index >= 15 is 0 Å². The number of amides is 1. The number of ketones is 1. The Balaban J connectivity index is 1.36. The summed E-state index contributed by atoms with van der Waals surface area (Å²) >= 11 is 0. The molecule has 1 aromatic heterocycles. The van der Waals surface area contributed by atoms with Gasteiger partial charge in [0.15, 0.2) is 0 Å². The van der Waals surface area contributed by atoms with Crippen LogP contribution >= 0.6 is 0 Å². The van der Waals surface area contributed by atoms with Gasteiger partial charge >= 0.3 is 0 Å². The number of aliphatic hydroxyl groups excluding tert-OH is 1. The van der Waals surface area contributed by atoms with E-state index in [1.54, 1.807) is 36.4 Å². The van der Waals surface area contributed by atoms with Crippen molar-refractivity contribution in [2.75, 3.05) is 39.4 Å². The number of carbonyl (C=O) groups is 2. The lowest BCUT2D eigenvalue weighted by Crippen LogP contribution is -2.38. The highest BCUT2D eigenvalue weighted by molar-refractivity contribution is 6.46. The van der Waals surface area contributed by atoms with Crippen molar-refractivity contribution in [3.8, 4) is 5.75 Å². The van der Waals surface area contributed by atoms with Crippen LogP contribution in [0, 0.1) is 13.8 Å². The van der Waals surface area contributed by atoms with Crippen LogP contribution in [0.1, 0.15) is 40.7 Å². The van der Waals surface area contributed by atoms with Crippen molar-refractivity contribution in [2.45, 2.75) is 32.9 Å². The SMILES string of the molecule is Cc1cccc(COc2ccc(/C(O)=C3/C(=O)C(=O)N(CCCN4CCOCC4)C3c3ccc(C)o3)cc2)c1. The molecule has 8 heteroatoms. The summed E-state index contributed by atoms with van der Waals surface area (Å²) in [5.74, 6) is 0.188. The monoisotopic (exact) mass is 530 g/mol. The van der Waals surface area contributed by atoms with E-state index in [2.05, 4.69) is 11.0 Å². The maximum atomic E-state index is 13.2. The number of ether oxygens (including phenoxy) is 2. The molecule has 3 aromatic rings. The third-order valence-electron chi connectivity index (χ3n) is 7.16. The zero-order valence-corrected chi connectivity index (χ0v) is 22.4. The third-order valence-corrected chi connectivity index (χ3v) is 7.16. The highest BCUT2D eigenvalue weighted by atomic mass is 16.5. The molecule has 204 valence electrons. The molecule has 39 heavy (non-hydrogen) atoms. The van der Waals surface area contributed by atoms with Gasteiger partial charge in [-0.1, -0.05) is 29.8 Å². The molecule has 2 aliphatic heterocycles. The minimum absolute atomic E-state index is 0.0363. The first-order chi connectivity index (χ1) is 18.9. The van der Waals surface area contributed by atoms with Crippen LogP contribution in [0.15, 0.2) is 70.7 Å². The average molecular weight is 531 g/mol. The topological polar surface area (TPSA) is 92.5 Å². The first-order valence-electron chi connectivity index (χ1n) is 13.3. The van der Waals surface area contributed by atoms with E-state index < -0.39 is 17.7 Å². The van der Waals surface area contributed by atoms with Gasteiger partial charge in [0.05, 0.1) is 18.8 Å². The van der Waals surface area contributed by atoms with Gasteiger partial charge in [0.2, 0.25) is 0 Å². The Morgan fingerprint density at radius 3 is 2.46 bits per heavy atom. The van der Waals surface area contributed by atoms with Gasteiger partial charge in [-0.25, -0.2) is 0 Å². The van der Waals surface area contributed by atoms with Gasteiger partial charge in [0, 0.05) is 31.7 Å². The van der Waals surface area contributed by atoms with Gasteiger partial charge in [-0.15, -0.1) is 0 Å². The van der Waals surface area contributed by atoms with Crippen molar-refractivity contribution in [1.29, 1.82) is 0 Å². The van der Waals surface area contributed by atoms with Crippen molar-refractivity contribution >= 4 is 17.4 Å². The fourth-order valence-electron chi connectivity index (χ4n) is 5.13. The number of aryl methyl sites for hydroxylation is 2. The molecule has 1 unspecified atom stereocenters. The van der Waals surface area contributed by atoms with E-state index in [1.807, 2.05) is 32.0 Å². The molecule has 1 amide bonds. The summed E-state index contributed by atoms with van der Waals surface area (Å²) in [4.78, 5) is 30.2. The third kappa shape index (κ3) is 6.08. The Morgan fingerprint density at radius 2 is 1.77 bits per heavy atom. The minimum atomic E-state index is -0.791. The second kappa shape index (κ2) is 11.9. The molecular formula is C31H34N2O6. The summed E-state index contributed by atoms with van der Waals surface area (Å²) in [7, 11) is 0. The zero-order valence-electron chi connectivity index (χ0n) is 22.4. The molecule has 0 aliphatic carbocycles. The number of morpholine rings is 1. The van der Waals surface area contributed by atoms with Crippen LogP contribution in [0.4, 0.5) is 0 Å². The van der Waals surface area contributed by atoms with Crippen molar-refractivity contribution in [3.63, 3.8) is 0 Å². The number of aliphatic hydroxyl groups is 1. The lowest BCUT2D eigenvalue weighted by atomic mass is 9.99. The van der Waals surface area contributed by atoms with Gasteiger partial charge < -0.3 is 23.9 Å². The molecule has 2 saturated heterocycles. The predicted molar refractivity (Wildman–Crippen MR) is 146 cm³/mol. The molecule has 1 atom stereocenters. The first-order valence-corrected chi connectivity index (χ1v) is 13.3. The van der Waals surface area contributed by atoms with Crippen molar-refractivity contribution in [1.82, 2.24) is 9.80 Å². The maximum absolute atomic E-state index is 13.2. The lowest BCUT2D eigenvalue weighted by Gasteiger charge is -2.28. The Bertz CT molecular complexity index is 1350. The fourth-order valence-corrected chi connectivity index (χ4v) is 5.13. The number of nitrogens with zero attached hydrogens (tertiary/aromatic N) is 2. The molecule has 2 aliphatic rings. The van der Waals surface area contributed by atoms with Gasteiger partial charge in [0.25, 0.3) is 11.7 Å². The molecular weight excluding hydrogens is 496 g/mol. The molecule has 0 saturated carbocycles. The molecule has 2 fully saturated rings. The maximum Gasteiger partial charge on any atom is 0.295 e. The van der Waals surface area contributed by atoms with E-state index in [-0.39, 0.29) is 11.3 Å². The second-order valence-corrected chi connectivity index (χ2v) is 10.1. The van der Waals surface area contributed by atoms with Crippen molar-refractivity contribution in [3.05, 3.63) is 94.4 Å². The average Bonchev–Trinajstić information content (AvgIpc) is 3.48. The van der Waals surface area contributed by atoms with E-state index in [0.29, 0.717) is 55.6 Å². The number of rotatable bonds is 9. The number of benzene rings is 2. The summed E-state index contributed by atoms with van der Waals surface area (Å²) in [5, 5.41) is 11.3. The highest BCUT2D eigenvalue weighted by Gasteiger charge is 2.47. The normalized spacial score (nSPS) is 19.5. The van der Waals surface area contributed by atoms with Crippen LogP contribution in [0.2, 0.25) is 0 Å². The zero-order chi connectivity index (χ0) is 27.4. The number of hydrogen-bond donors (Lipinski definition) is 1. The van der Waals surface area contributed by atoms with Gasteiger partial charge in [-0.05, 0) is 62.2 Å². The van der Waals surface area contributed by atoms with E-state index in [1.165, 1.54) is 4.90 Å². The second-order valence-electron chi connectivity index (χ2n) is 10.1.